The summed E-state index contributed by atoms with van der Waals surface area (Å²) < 4.78 is 5.08. The number of aromatic nitrogens is 1. The first-order chi connectivity index (χ1) is 12.0. The second-order valence-corrected chi connectivity index (χ2v) is 7.05. The number of unbranched alkanes of at least 4 members (excludes halogenated alkanes) is 1. The summed E-state index contributed by atoms with van der Waals surface area (Å²) in [7, 11) is 1.64. The number of hydrogen-bond donors (Lipinski definition) is 1. The van der Waals surface area contributed by atoms with E-state index >= 15 is 0 Å². The normalized spacial score (nSPS) is 12.0. The third-order valence-corrected chi connectivity index (χ3v) is 4.91. The minimum Gasteiger partial charge on any atom is -0.385 e. The zero-order chi connectivity index (χ0) is 18.7. The van der Waals surface area contributed by atoms with Gasteiger partial charge < -0.3 is 15.0 Å². The molecule has 1 aromatic rings. The van der Waals surface area contributed by atoms with Crippen molar-refractivity contribution in [2.45, 2.75) is 52.9 Å². The molecule has 7 heteroatoms. The molecule has 0 saturated heterocycles. The van der Waals surface area contributed by atoms with Crippen LogP contribution in [0.15, 0.2) is 5.38 Å². The molecule has 0 aromatic carbocycles. The van der Waals surface area contributed by atoms with Crippen molar-refractivity contribution in [2.75, 3.05) is 32.1 Å². The molecule has 1 heterocycles. The van der Waals surface area contributed by atoms with Crippen molar-refractivity contribution in [1.82, 2.24) is 9.88 Å². The Hall–Kier alpha value is -1.47. The molecule has 1 rings (SSSR count). The number of carbonyl (C=O) groups excluding carboxylic acids is 2. The number of nitrogens with one attached hydrogen (secondary N) is 1. The molecule has 2 amide bonds. The van der Waals surface area contributed by atoms with Gasteiger partial charge in [-0.1, -0.05) is 26.7 Å². The lowest BCUT2D eigenvalue weighted by molar-refractivity contribution is -0.139. The predicted octanol–water partition coefficient (Wildman–Crippen LogP) is 3.47. The van der Waals surface area contributed by atoms with Gasteiger partial charge in [-0.2, -0.15) is 0 Å². The Morgan fingerprint density at radius 3 is 2.68 bits per heavy atom. The lowest BCUT2D eigenvalue weighted by atomic mass is 9.97. The SMILES string of the molecule is CCCCC(CC)C(=O)N(CCCOC)CC(=O)Nc1nc(C)cs1. The number of nitrogens with zero attached hydrogens (tertiary/aromatic N) is 2. The fourth-order valence-corrected chi connectivity index (χ4v) is 3.33. The monoisotopic (exact) mass is 369 g/mol. The molecule has 1 N–H and O–H groups in total. The van der Waals surface area contributed by atoms with E-state index in [-0.39, 0.29) is 24.3 Å². The third kappa shape index (κ3) is 7.96. The van der Waals surface area contributed by atoms with Gasteiger partial charge in [0, 0.05) is 31.6 Å². The topological polar surface area (TPSA) is 71.5 Å². The summed E-state index contributed by atoms with van der Waals surface area (Å²) in [5.74, 6) is -0.152. The van der Waals surface area contributed by atoms with Gasteiger partial charge >= 0.3 is 0 Å². The van der Waals surface area contributed by atoms with Crippen molar-refractivity contribution in [1.29, 1.82) is 0 Å². The van der Waals surface area contributed by atoms with Crippen molar-refractivity contribution >= 4 is 28.3 Å². The molecule has 1 unspecified atom stereocenters. The van der Waals surface area contributed by atoms with Crippen LogP contribution in [-0.4, -0.2) is 48.5 Å². The number of methoxy groups -OCH3 is 1. The molecule has 0 aliphatic carbocycles. The van der Waals surface area contributed by atoms with Gasteiger partial charge in [-0.25, -0.2) is 4.98 Å². The number of anilines is 1. The first-order valence-electron chi connectivity index (χ1n) is 9.01. The fourth-order valence-electron chi connectivity index (χ4n) is 2.62. The average Bonchev–Trinajstić information content (AvgIpc) is 2.99. The van der Waals surface area contributed by atoms with E-state index in [0.717, 1.165) is 37.8 Å². The maximum Gasteiger partial charge on any atom is 0.245 e. The lowest BCUT2D eigenvalue weighted by Gasteiger charge is -2.26. The first-order valence-corrected chi connectivity index (χ1v) is 9.89. The lowest BCUT2D eigenvalue weighted by Crippen LogP contribution is -2.42. The second kappa shape index (κ2) is 12.0. The van der Waals surface area contributed by atoms with E-state index in [1.807, 2.05) is 19.2 Å². The summed E-state index contributed by atoms with van der Waals surface area (Å²) in [6.45, 7) is 7.19. The number of thiazole rings is 1. The molecular weight excluding hydrogens is 338 g/mol. The highest BCUT2D eigenvalue weighted by Gasteiger charge is 2.24. The highest BCUT2D eigenvalue weighted by Crippen LogP contribution is 2.17. The zero-order valence-corrected chi connectivity index (χ0v) is 16.7. The van der Waals surface area contributed by atoms with Gasteiger partial charge in [0.25, 0.3) is 0 Å². The van der Waals surface area contributed by atoms with Crippen LogP contribution >= 0.6 is 11.3 Å². The number of ether oxygens (including phenoxy) is 1. The van der Waals surface area contributed by atoms with Crippen LogP contribution in [0.5, 0.6) is 0 Å². The van der Waals surface area contributed by atoms with E-state index in [1.54, 1.807) is 12.0 Å². The largest absolute Gasteiger partial charge is 0.385 e. The quantitative estimate of drug-likeness (QED) is 0.573. The van der Waals surface area contributed by atoms with E-state index in [4.69, 9.17) is 4.74 Å². The molecule has 1 aromatic heterocycles. The standard InChI is InChI=1S/C18H31N3O3S/c1-5-7-9-15(6-2)17(23)21(10-8-11-24-4)12-16(22)20-18-19-14(3)13-25-18/h13,15H,5-12H2,1-4H3,(H,19,20,22). The minimum absolute atomic E-state index is 0.0163. The Morgan fingerprint density at radius 1 is 1.36 bits per heavy atom. The van der Waals surface area contributed by atoms with Crippen molar-refractivity contribution in [3.05, 3.63) is 11.1 Å². The number of aryl methyl sites for hydroxylation is 1. The van der Waals surface area contributed by atoms with Gasteiger partial charge in [0.2, 0.25) is 11.8 Å². The van der Waals surface area contributed by atoms with Gasteiger partial charge in [0.15, 0.2) is 5.13 Å². The summed E-state index contributed by atoms with van der Waals surface area (Å²) in [6.07, 6.45) is 4.49. The molecule has 0 aliphatic heterocycles. The van der Waals surface area contributed by atoms with Crippen molar-refractivity contribution < 1.29 is 14.3 Å². The van der Waals surface area contributed by atoms with Crippen molar-refractivity contribution in [3.63, 3.8) is 0 Å². The van der Waals surface area contributed by atoms with E-state index in [1.165, 1.54) is 11.3 Å². The molecule has 0 bridgehead atoms. The summed E-state index contributed by atoms with van der Waals surface area (Å²) in [4.78, 5) is 31.1. The minimum atomic E-state index is -0.203. The van der Waals surface area contributed by atoms with Gasteiger partial charge in [-0.15, -0.1) is 11.3 Å². The Bertz CT molecular complexity index is 533. The summed E-state index contributed by atoms with van der Waals surface area (Å²) in [6, 6.07) is 0. The smallest absolute Gasteiger partial charge is 0.245 e. The molecule has 142 valence electrons. The average molecular weight is 370 g/mol. The van der Waals surface area contributed by atoms with Crippen LogP contribution in [0.25, 0.3) is 0 Å². The second-order valence-electron chi connectivity index (χ2n) is 6.20. The van der Waals surface area contributed by atoms with Crippen LogP contribution in [0.3, 0.4) is 0 Å². The number of amides is 2. The molecule has 25 heavy (non-hydrogen) atoms. The van der Waals surface area contributed by atoms with E-state index in [9.17, 15) is 9.59 Å². The Kier molecular flexibility index (Phi) is 10.3. The molecular formula is C18H31N3O3S. The van der Waals surface area contributed by atoms with Crippen LogP contribution in [-0.2, 0) is 14.3 Å². The molecule has 0 spiro atoms. The molecule has 6 nitrogen and oxygen atoms in total. The highest BCUT2D eigenvalue weighted by molar-refractivity contribution is 7.13. The first kappa shape index (κ1) is 21.6. The molecule has 0 saturated carbocycles. The number of carbonyl (C=O) groups is 2. The van der Waals surface area contributed by atoms with Crippen LogP contribution in [0.2, 0.25) is 0 Å². The maximum atomic E-state index is 12.9. The zero-order valence-electron chi connectivity index (χ0n) is 15.8. The van der Waals surface area contributed by atoms with Crippen LogP contribution in [0.4, 0.5) is 5.13 Å². The van der Waals surface area contributed by atoms with Gasteiger partial charge in [0.1, 0.15) is 0 Å². The van der Waals surface area contributed by atoms with E-state index < -0.39 is 0 Å². The molecule has 1 atom stereocenters. The predicted molar refractivity (Wildman–Crippen MR) is 102 cm³/mol. The van der Waals surface area contributed by atoms with E-state index in [0.29, 0.717) is 18.3 Å². The van der Waals surface area contributed by atoms with Gasteiger partial charge in [-0.3, -0.25) is 9.59 Å². The molecule has 0 aliphatic rings. The van der Waals surface area contributed by atoms with Gasteiger partial charge in [0.05, 0.1) is 12.2 Å². The van der Waals surface area contributed by atoms with Gasteiger partial charge in [-0.05, 0) is 26.2 Å². The third-order valence-electron chi connectivity index (χ3n) is 4.04. The highest BCUT2D eigenvalue weighted by atomic mass is 32.1. The maximum absolute atomic E-state index is 12.9. The Morgan fingerprint density at radius 2 is 2.12 bits per heavy atom. The van der Waals surface area contributed by atoms with Crippen LogP contribution in [0, 0.1) is 12.8 Å². The number of rotatable bonds is 12. The summed E-state index contributed by atoms with van der Waals surface area (Å²) in [5, 5.41) is 5.24. The fraction of sp³-hybridized carbons (Fsp3) is 0.722. The van der Waals surface area contributed by atoms with Crippen molar-refractivity contribution in [3.8, 4) is 0 Å². The van der Waals surface area contributed by atoms with Crippen molar-refractivity contribution in [2.24, 2.45) is 5.92 Å². The Labute approximate surface area is 155 Å². The van der Waals surface area contributed by atoms with Crippen LogP contribution < -0.4 is 5.32 Å². The molecule has 0 radical (unpaired) electrons. The Balaban J connectivity index is 2.69. The van der Waals surface area contributed by atoms with Crippen LogP contribution in [0.1, 0.15) is 51.6 Å². The molecule has 0 fully saturated rings. The summed E-state index contributed by atoms with van der Waals surface area (Å²) in [5.41, 5.74) is 0.874. The summed E-state index contributed by atoms with van der Waals surface area (Å²) >= 11 is 1.39. The number of hydrogen-bond acceptors (Lipinski definition) is 5. The van der Waals surface area contributed by atoms with E-state index in [2.05, 4.69) is 17.2 Å².